The average molecular weight is 511 g/mol. The molecule has 186 valence electrons. The van der Waals surface area contributed by atoms with Crippen molar-refractivity contribution in [3.63, 3.8) is 0 Å². The van der Waals surface area contributed by atoms with Crippen LogP contribution in [0.1, 0.15) is 16.8 Å². The van der Waals surface area contributed by atoms with Gasteiger partial charge in [-0.25, -0.2) is 14.3 Å². The summed E-state index contributed by atoms with van der Waals surface area (Å²) in [4.78, 5) is 36.1. The van der Waals surface area contributed by atoms with Crippen molar-refractivity contribution in [2.75, 3.05) is 25.1 Å². The van der Waals surface area contributed by atoms with Crippen LogP contribution < -0.4 is 20.1 Å². The first kappa shape index (κ1) is 24.8. The maximum atomic E-state index is 12.1. The summed E-state index contributed by atoms with van der Waals surface area (Å²) in [5, 5.41) is 9.37. The van der Waals surface area contributed by atoms with Gasteiger partial charge in [0.25, 0.3) is 5.91 Å². The normalized spacial score (nSPS) is 12.3. The number of benzene rings is 2. The molecule has 0 atom stereocenters. The summed E-state index contributed by atoms with van der Waals surface area (Å²) in [6, 6.07) is 13.8. The minimum Gasteiger partial charge on any atom is -0.486 e. The van der Waals surface area contributed by atoms with E-state index in [4.69, 9.17) is 25.8 Å². The third-order valence-corrected chi connectivity index (χ3v) is 5.47. The van der Waals surface area contributed by atoms with Crippen LogP contribution in [0.4, 0.5) is 10.5 Å². The number of ether oxygens (including phenoxy) is 3. The highest BCUT2D eigenvalue weighted by atomic mass is 35.5. The topological polar surface area (TPSA) is 121 Å². The lowest BCUT2D eigenvalue weighted by Gasteiger charge is -2.19. The highest BCUT2D eigenvalue weighted by Crippen LogP contribution is 2.32. The molecule has 0 aliphatic carbocycles. The summed E-state index contributed by atoms with van der Waals surface area (Å²) in [5.74, 6) is -0.504. The first-order valence-corrected chi connectivity index (χ1v) is 11.4. The standard InChI is InChI=1S/C25H23ClN4O6/c1-16-19(24(26)30(29-16)14-17-5-3-2-4-6-17)8-10-23(32)36-15-22(31)28-25(33)27-18-7-9-20-21(13-18)35-12-11-34-20/h2-10,13H,11-12,14-15H2,1H3,(H2,27,28,31,33). The van der Waals surface area contributed by atoms with Crippen LogP contribution in [0.5, 0.6) is 11.5 Å². The summed E-state index contributed by atoms with van der Waals surface area (Å²) >= 11 is 6.43. The summed E-state index contributed by atoms with van der Waals surface area (Å²) in [6.07, 6.45) is 2.62. The monoisotopic (exact) mass is 510 g/mol. The van der Waals surface area contributed by atoms with Crippen LogP contribution in [0.2, 0.25) is 5.15 Å². The van der Waals surface area contributed by atoms with Crippen molar-refractivity contribution in [3.05, 3.63) is 76.6 Å². The van der Waals surface area contributed by atoms with Crippen LogP contribution in [0, 0.1) is 6.92 Å². The molecule has 10 nitrogen and oxygen atoms in total. The van der Waals surface area contributed by atoms with E-state index in [1.165, 1.54) is 6.08 Å². The fraction of sp³-hybridized carbons (Fsp3) is 0.200. The maximum Gasteiger partial charge on any atom is 0.331 e. The molecule has 3 aromatic rings. The Kier molecular flexibility index (Phi) is 7.86. The highest BCUT2D eigenvalue weighted by Gasteiger charge is 2.15. The zero-order valence-electron chi connectivity index (χ0n) is 19.3. The van der Waals surface area contributed by atoms with Crippen LogP contribution in [0.15, 0.2) is 54.6 Å². The molecule has 2 aromatic carbocycles. The number of carbonyl (C=O) groups is 3. The largest absolute Gasteiger partial charge is 0.486 e. The number of halogens is 1. The predicted octanol–water partition coefficient (Wildman–Crippen LogP) is 3.57. The molecule has 0 unspecified atom stereocenters. The molecule has 4 rings (SSSR count). The number of esters is 1. The third kappa shape index (κ3) is 6.42. The molecule has 3 amide bonds. The first-order chi connectivity index (χ1) is 17.4. The second-order valence-corrected chi connectivity index (χ2v) is 8.09. The number of urea groups is 1. The zero-order valence-corrected chi connectivity index (χ0v) is 20.1. The van der Waals surface area contributed by atoms with Crippen molar-refractivity contribution >= 4 is 41.3 Å². The van der Waals surface area contributed by atoms with Gasteiger partial charge in [0.15, 0.2) is 18.1 Å². The minimum absolute atomic E-state index is 0.369. The molecule has 2 heterocycles. The molecule has 0 radical (unpaired) electrons. The van der Waals surface area contributed by atoms with Gasteiger partial charge in [-0.15, -0.1) is 0 Å². The average Bonchev–Trinajstić information content (AvgIpc) is 3.13. The van der Waals surface area contributed by atoms with Crippen molar-refractivity contribution in [2.45, 2.75) is 13.5 Å². The number of hydrogen-bond acceptors (Lipinski definition) is 7. The van der Waals surface area contributed by atoms with Crippen LogP contribution in [0.3, 0.4) is 0 Å². The molecule has 36 heavy (non-hydrogen) atoms. The molecular weight excluding hydrogens is 488 g/mol. The van der Waals surface area contributed by atoms with E-state index in [0.717, 1.165) is 11.6 Å². The van der Waals surface area contributed by atoms with Crippen LogP contribution in [-0.2, 0) is 20.9 Å². The van der Waals surface area contributed by atoms with Gasteiger partial charge in [-0.05, 0) is 30.7 Å². The lowest BCUT2D eigenvalue weighted by Crippen LogP contribution is -2.37. The lowest BCUT2D eigenvalue weighted by molar-refractivity contribution is -0.143. The number of aromatic nitrogens is 2. The SMILES string of the molecule is Cc1nn(Cc2ccccc2)c(Cl)c1C=CC(=O)OCC(=O)NC(=O)Nc1ccc2c(c1)OCCO2. The van der Waals surface area contributed by atoms with Crippen LogP contribution >= 0.6 is 11.6 Å². The summed E-state index contributed by atoms with van der Waals surface area (Å²) in [5.41, 5.74) is 2.63. The molecule has 0 bridgehead atoms. The molecular formula is C25H23ClN4O6. The van der Waals surface area contributed by atoms with Gasteiger partial charge in [0.1, 0.15) is 18.4 Å². The molecule has 0 saturated heterocycles. The number of amides is 3. The van der Waals surface area contributed by atoms with E-state index in [1.807, 2.05) is 30.3 Å². The molecule has 0 saturated carbocycles. The molecule has 1 aliphatic heterocycles. The number of aryl methyl sites for hydroxylation is 1. The first-order valence-electron chi connectivity index (χ1n) is 11.0. The smallest absolute Gasteiger partial charge is 0.331 e. The van der Waals surface area contributed by atoms with Gasteiger partial charge in [-0.2, -0.15) is 5.10 Å². The molecule has 2 N–H and O–H groups in total. The van der Waals surface area contributed by atoms with Gasteiger partial charge in [-0.3, -0.25) is 10.1 Å². The van der Waals surface area contributed by atoms with Gasteiger partial charge >= 0.3 is 12.0 Å². The van der Waals surface area contributed by atoms with Gasteiger partial charge < -0.3 is 19.5 Å². The molecule has 0 spiro atoms. The number of nitrogens with one attached hydrogen (secondary N) is 2. The summed E-state index contributed by atoms with van der Waals surface area (Å²) in [7, 11) is 0. The fourth-order valence-electron chi connectivity index (χ4n) is 3.40. The maximum absolute atomic E-state index is 12.1. The van der Waals surface area contributed by atoms with Gasteiger partial charge in [0.05, 0.1) is 12.2 Å². The Bertz CT molecular complexity index is 1310. The van der Waals surface area contributed by atoms with Crippen molar-refractivity contribution < 1.29 is 28.6 Å². The lowest BCUT2D eigenvalue weighted by atomic mass is 10.2. The second-order valence-electron chi connectivity index (χ2n) is 7.73. The fourth-order valence-corrected chi connectivity index (χ4v) is 3.70. The second kappa shape index (κ2) is 11.4. The van der Waals surface area contributed by atoms with Gasteiger partial charge in [0, 0.05) is 23.4 Å². The van der Waals surface area contributed by atoms with E-state index in [-0.39, 0.29) is 0 Å². The number of imide groups is 1. The number of rotatable bonds is 7. The Balaban J connectivity index is 1.25. The van der Waals surface area contributed by atoms with Crippen LogP contribution in [0.25, 0.3) is 6.08 Å². The summed E-state index contributed by atoms with van der Waals surface area (Å²) < 4.78 is 17.4. The number of nitrogens with zero attached hydrogens (tertiary/aromatic N) is 2. The predicted molar refractivity (Wildman–Crippen MR) is 132 cm³/mol. The van der Waals surface area contributed by atoms with E-state index in [2.05, 4.69) is 15.7 Å². The van der Waals surface area contributed by atoms with E-state index in [9.17, 15) is 14.4 Å². The van der Waals surface area contributed by atoms with E-state index in [0.29, 0.717) is 53.4 Å². The van der Waals surface area contributed by atoms with E-state index < -0.39 is 24.5 Å². The Morgan fingerprint density at radius 2 is 1.86 bits per heavy atom. The van der Waals surface area contributed by atoms with E-state index in [1.54, 1.807) is 29.8 Å². The Hall–Kier alpha value is -4.31. The van der Waals surface area contributed by atoms with Crippen molar-refractivity contribution in [1.82, 2.24) is 15.1 Å². The highest BCUT2D eigenvalue weighted by molar-refractivity contribution is 6.31. The van der Waals surface area contributed by atoms with Crippen molar-refractivity contribution in [1.29, 1.82) is 0 Å². The van der Waals surface area contributed by atoms with Gasteiger partial charge in [0.2, 0.25) is 0 Å². The number of hydrogen-bond donors (Lipinski definition) is 2. The quantitative estimate of drug-likeness (QED) is 0.368. The molecule has 11 heteroatoms. The number of fused-ring (bicyclic) bond motifs is 1. The van der Waals surface area contributed by atoms with Crippen molar-refractivity contribution in [2.24, 2.45) is 0 Å². The number of carbonyl (C=O) groups excluding carboxylic acids is 3. The zero-order chi connectivity index (χ0) is 25.5. The molecule has 1 aliphatic rings. The Morgan fingerprint density at radius 1 is 1.11 bits per heavy atom. The Labute approximate surface area is 211 Å². The van der Waals surface area contributed by atoms with E-state index >= 15 is 0 Å². The minimum atomic E-state index is -0.795. The van der Waals surface area contributed by atoms with Gasteiger partial charge in [-0.1, -0.05) is 41.9 Å². The molecule has 0 fully saturated rings. The number of anilines is 1. The van der Waals surface area contributed by atoms with Crippen LogP contribution in [-0.4, -0.2) is 47.5 Å². The Morgan fingerprint density at radius 3 is 2.64 bits per heavy atom. The third-order valence-electron chi connectivity index (χ3n) is 5.07. The van der Waals surface area contributed by atoms with Crippen molar-refractivity contribution in [3.8, 4) is 11.5 Å². The molecule has 1 aromatic heterocycles. The summed E-state index contributed by atoms with van der Waals surface area (Å²) in [6.45, 7) is 2.47.